The van der Waals surface area contributed by atoms with Gasteiger partial charge in [0.2, 0.25) is 0 Å². The summed E-state index contributed by atoms with van der Waals surface area (Å²) >= 11 is 0. The van der Waals surface area contributed by atoms with Crippen molar-refractivity contribution in [1.82, 2.24) is 0 Å². The van der Waals surface area contributed by atoms with E-state index in [9.17, 15) is 43.5 Å². The number of phosphoric ester groups is 2. The second-order valence-electron chi connectivity index (χ2n) is 30.0. The van der Waals surface area contributed by atoms with Gasteiger partial charge in [0.15, 0.2) is 6.10 Å². The van der Waals surface area contributed by atoms with E-state index in [-0.39, 0.29) is 19.3 Å². The number of aliphatic hydroxyl groups excluding tert-OH is 2. The molecule has 0 fully saturated rings. The van der Waals surface area contributed by atoms with E-state index >= 15 is 0 Å². The summed E-state index contributed by atoms with van der Waals surface area (Å²) in [5, 5.41) is 20.7. The molecule has 0 saturated heterocycles. The van der Waals surface area contributed by atoms with E-state index in [1.165, 1.54) is 199 Å². The highest BCUT2D eigenvalue weighted by Crippen LogP contribution is 2.45. The lowest BCUT2D eigenvalue weighted by Crippen LogP contribution is -2.30. The van der Waals surface area contributed by atoms with E-state index in [1.807, 2.05) is 0 Å². The fourth-order valence-electron chi connectivity index (χ4n) is 12.5. The van der Waals surface area contributed by atoms with Crippen molar-refractivity contribution in [2.24, 2.45) is 0 Å². The lowest BCUT2D eigenvalue weighted by Gasteiger charge is -2.21. The van der Waals surface area contributed by atoms with Gasteiger partial charge < -0.3 is 34.2 Å². The summed E-state index contributed by atoms with van der Waals surface area (Å²) in [6, 6.07) is 0. The predicted molar refractivity (Wildman–Crippen MR) is 463 cm³/mol. The number of phosphoric acid groups is 2. The fraction of sp³-hybridized carbons (Fsp3) is 0.753. The molecule has 16 nitrogen and oxygen atoms in total. The zero-order chi connectivity index (χ0) is 80.8. The van der Waals surface area contributed by atoms with Gasteiger partial charge in [-0.05, 0) is 109 Å². The molecule has 0 radical (unpaired) electrons. The van der Waals surface area contributed by atoms with Crippen molar-refractivity contribution in [3.05, 3.63) is 122 Å². The van der Waals surface area contributed by atoms with E-state index in [2.05, 4.69) is 142 Å². The molecule has 0 amide bonds. The number of carbonyl (C=O) groups excluding carboxylic acids is 3. The van der Waals surface area contributed by atoms with Crippen LogP contribution in [0.1, 0.15) is 393 Å². The van der Waals surface area contributed by atoms with E-state index in [0.717, 1.165) is 135 Å². The summed E-state index contributed by atoms with van der Waals surface area (Å²) < 4.78 is 61.4. The number of aliphatic hydroxyl groups is 2. The summed E-state index contributed by atoms with van der Waals surface area (Å²) in [5.41, 5.74) is 0. The Morgan fingerprint density at radius 2 is 0.477 bits per heavy atom. The van der Waals surface area contributed by atoms with Gasteiger partial charge in [-0.25, -0.2) is 9.13 Å². The number of rotatable bonds is 85. The molecule has 0 aliphatic heterocycles. The molecular formula is C93H164O16P2. The van der Waals surface area contributed by atoms with E-state index in [1.54, 1.807) is 0 Å². The minimum atomic E-state index is -4.93. The third kappa shape index (κ3) is 86.6. The van der Waals surface area contributed by atoms with Crippen LogP contribution in [0.4, 0.5) is 0 Å². The monoisotopic (exact) mass is 1600 g/mol. The SMILES string of the molecule is CC/C=C\C/C=C\C/C=C\C/C=C\C/C=C\CCCCCCCCCCCCCCCCCC(=O)OCC(O)COP(=O)(O)OCC(O)COP(=O)(O)OCC(COC(=O)CCCCCCCCCCCCCCC/C=C\C/C=C\C/C=C\C/C=C\C/C=C\CC)OC(=O)CCCCCCCCCCCCCCCCC. The quantitative estimate of drug-likeness (QED) is 0.0146. The van der Waals surface area contributed by atoms with Gasteiger partial charge in [0.1, 0.15) is 25.4 Å². The minimum Gasteiger partial charge on any atom is -0.463 e. The van der Waals surface area contributed by atoms with Gasteiger partial charge in [-0.1, -0.05) is 386 Å². The lowest BCUT2D eigenvalue weighted by molar-refractivity contribution is -0.161. The Morgan fingerprint density at radius 3 is 0.757 bits per heavy atom. The molecule has 0 aliphatic carbocycles. The summed E-state index contributed by atoms with van der Waals surface area (Å²) in [4.78, 5) is 58.9. The summed E-state index contributed by atoms with van der Waals surface area (Å²) in [7, 11) is -9.79. The molecule has 18 heteroatoms. The number of esters is 3. The molecule has 4 N–H and O–H groups in total. The average molecular weight is 1600 g/mol. The fourth-order valence-corrected chi connectivity index (χ4v) is 14.0. The smallest absolute Gasteiger partial charge is 0.463 e. The van der Waals surface area contributed by atoms with E-state index < -0.39 is 91.5 Å². The van der Waals surface area contributed by atoms with Crippen LogP contribution in [-0.2, 0) is 55.8 Å². The molecule has 0 aromatic carbocycles. The highest BCUT2D eigenvalue weighted by Gasteiger charge is 2.29. The molecule has 0 aromatic rings. The van der Waals surface area contributed by atoms with Crippen molar-refractivity contribution in [3.63, 3.8) is 0 Å². The molecule has 0 rings (SSSR count). The first kappa shape index (κ1) is 107. The van der Waals surface area contributed by atoms with Crippen molar-refractivity contribution < 1.29 is 75.8 Å². The van der Waals surface area contributed by atoms with Crippen LogP contribution in [0.15, 0.2) is 122 Å². The van der Waals surface area contributed by atoms with Crippen LogP contribution in [-0.4, -0.2) is 95.9 Å². The van der Waals surface area contributed by atoms with Crippen LogP contribution >= 0.6 is 15.6 Å². The topological polar surface area (TPSA) is 231 Å². The lowest BCUT2D eigenvalue weighted by atomic mass is 10.0. The van der Waals surface area contributed by atoms with Crippen LogP contribution < -0.4 is 0 Å². The summed E-state index contributed by atoms with van der Waals surface area (Å²) in [5.74, 6) is -1.55. The molecule has 5 atom stereocenters. The number of hydrogen-bond acceptors (Lipinski definition) is 14. The summed E-state index contributed by atoms with van der Waals surface area (Å²) in [6.07, 6.45) is 104. The van der Waals surface area contributed by atoms with E-state index in [0.29, 0.717) is 19.3 Å². The minimum absolute atomic E-state index is 0.109. The van der Waals surface area contributed by atoms with Crippen molar-refractivity contribution >= 4 is 33.6 Å². The van der Waals surface area contributed by atoms with Crippen molar-refractivity contribution in [2.45, 2.75) is 411 Å². The van der Waals surface area contributed by atoms with Crippen LogP contribution in [0.2, 0.25) is 0 Å². The molecule has 0 spiro atoms. The van der Waals surface area contributed by atoms with Gasteiger partial charge in [0.25, 0.3) is 0 Å². The zero-order valence-corrected chi connectivity index (χ0v) is 72.4. The second kappa shape index (κ2) is 85.3. The number of allylic oxidation sites excluding steroid dienone is 20. The predicted octanol–water partition coefficient (Wildman–Crippen LogP) is 27.2. The molecule has 0 aromatic heterocycles. The van der Waals surface area contributed by atoms with Crippen LogP contribution in [0.5, 0.6) is 0 Å². The highest BCUT2D eigenvalue weighted by atomic mass is 31.2. The normalized spacial score (nSPS) is 14.4. The van der Waals surface area contributed by atoms with E-state index in [4.69, 9.17) is 32.3 Å². The average Bonchev–Trinajstić information content (AvgIpc) is 0.908. The maximum atomic E-state index is 13.0. The third-order valence-electron chi connectivity index (χ3n) is 19.2. The number of hydrogen-bond donors (Lipinski definition) is 4. The third-order valence-corrected chi connectivity index (χ3v) is 21.1. The van der Waals surface area contributed by atoms with Crippen LogP contribution in [0.3, 0.4) is 0 Å². The van der Waals surface area contributed by atoms with Gasteiger partial charge >= 0.3 is 33.6 Å². The Morgan fingerprint density at radius 1 is 0.261 bits per heavy atom. The van der Waals surface area contributed by atoms with Gasteiger partial charge in [-0.3, -0.25) is 32.5 Å². The molecule has 111 heavy (non-hydrogen) atoms. The summed E-state index contributed by atoms with van der Waals surface area (Å²) in [6.45, 7) is 2.53. The molecule has 642 valence electrons. The Hall–Kier alpha value is -4.05. The molecule has 0 saturated carbocycles. The largest absolute Gasteiger partial charge is 0.472 e. The van der Waals surface area contributed by atoms with Gasteiger partial charge in [-0.2, -0.15) is 0 Å². The highest BCUT2D eigenvalue weighted by molar-refractivity contribution is 7.47. The number of carbonyl (C=O) groups is 3. The zero-order valence-electron chi connectivity index (χ0n) is 70.6. The van der Waals surface area contributed by atoms with Gasteiger partial charge in [-0.15, -0.1) is 0 Å². The first-order valence-corrected chi connectivity index (χ1v) is 47.8. The van der Waals surface area contributed by atoms with Gasteiger partial charge in [0.05, 0.1) is 26.4 Å². The van der Waals surface area contributed by atoms with Crippen LogP contribution in [0, 0.1) is 0 Å². The van der Waals surface area contributed by atoms with Gasteiger partial charge in [0, 0.05) is 19.3 Å². The maximum Gasteiger partial charge on any atom is 0.472 e. The molecule has 0 heterocycles. The number of unbranched alkanes of at least 4 members (excludes halogenated alkanes) is 42. The molecular weight excluding hydrogens is 1430 g/mol. The van der Waals surface area contributed by atoms with Crippen LogP contribution in [0.25, 0.3) is 0 Å². The molecule has 0 aliphatic rings. The Labute approximate surface area is 678 Å². The Kier molecular flexibility index (Phi) is 82.2. The first-order valence-electron chi connectivity index (χ1n) is 44.8. The van der Waals surface area contributed by atoms with Crippen molar-refractivity contribution in [3.8, 4) is 0 Å². The first-order chi connectivity index (χ1) is 54.2. The molecule has 0 bridgehead atoms. The Balaban J connectivity index is 4.46. The maximum absolute atomic E-state index is 13.0. The standard InChI is InChI=1S/C93H164O16P2/c1-4-7-10-13-16-19-22-25-28-30-32-34-36-38-40-42-43-45-47-48-50-52-54-56-59-61-64-67-70-73-76-79-91(96)103-82-88(94)83-105-110(99,100)106-84-89(95)85-107-111(101,102)108-87-90(109-93(98)81-78-75-72-69-66-63-58-27-24-21-18-15-12-9-6-3)86-104-92(97)80-77-74-71-68-65-62-60-57-55-53-51-49-46-44-41-39-37-35-33-31-29-26-23-20-17-14-11-8-5-2/h7-8,10-11,16-17,19-20,25-26,28-29,32-35,38-41,88-90,94-95H,4-6,9,12-15,18,21-24,27,30-31,36-37,42-87H2,1-3H3,(H,99,100)(H,101,102)/b10-7-,11-8-,19-16-,20-17-,28-25-,29-26-,34-32-,35-33-,40-38-,41-39-. The number of ether oxygens (including phenoxy) is 3. The van der Waals surface area contributed by atoms with Crippen molar-refractivity contribution in [1.29, 1.82) is 0 Å². The second-order valence-corrected chi connectivity index (χ2v) is 32.9. The van der Waals surface area contributed by atoms with Crippen molar-refractivity contribution in [2.75, 3.05) is 39.6 Å². The molecule has 5 unspecified atom stereocenters. The Bertz CT molecular complexity index is 2500.